The van der Waals surface area contributed by atoms with E-state index in [1.807, 2.05) is 20.8 Å². The molecule has 0 amide bonds. The summed E-state index contributed by atoms with van der Waals surface area (Å²) in [5.41, 5.74) is 12.8. The normalized spacial score (nSPS) is 9.46. The van der Waals surface area contributed by atoms with Crippen LogP contribution in [0.1, 0.15) is 25.2 Å². The fourth-order valence-electron chi connectivity index (χ4n) is 0.726. The predicted octanol–water partition coefficient (Wildman–Crippen LogP) is 1.32. The first-order chi connectivity index (χ1) is 6.25. The van der Waals surface area contributed by atoms with Crippen molar-refractivity contribution < 1.29 is 0 Å². The van der Waals surface area contributed by atoms with Crippen molar-refractivity contribution >= 4 is 11.8 Å². The Morgan fingerprint density at radius 2 is 1.92 bits per heavy atom. The molecule has 0 spiro atoms. The zero-order chi connectivity index (χ0) is 10.3. The largest absolute Gasteiger partial charge is 0.405 e. The van der Waals surface area contributed by atoms with Crippen molar-refractivity contribution in [2.45, 2.75) is 20.8 Å². The maximum atomic E-state index is 5.64. The summed E-state index contributed by atoms with van der Waals surface area (Å²) >= 11 is 0. The third-order valence-corrected chi connectivity index (χ3v) is 1.37. The molecule has 0 aliphatic carbocycles. The van der Waals surface area contributed by atoms with Crippen LogP contribution >= 0.6 is 0 Å². The second kappa shape index (κ2) is 5.99. The molecular weight excluding hydrogens is 164 g/mol. The molecule has 13 heavy (non-hydrogen) atoms. The molecule has 0 saturated heterocycles. The van der Waals surface area contributed by atoms with Crippen molar-refractivity contribution in [1.29, 1.82) is 0 Å². The maximum Gasteiger partial charge on any atom is 0.116 e. The summed E-state index contributed by atoms with van der Waals surface area (Å²) in [6.07, 6.45) is 4.50. The molecule has 1 aromatic rings. The number of hydrogen-bond acceptors (Lipinski definition) is 4. The average Bonchev–Trinajstić information content (AvgIpc) is 2.17. The van der Waals surface area contributed by atoms with Crippen LogP contribution in [0.15, 0.2) is 12.5 Å². The second-order valence-electron chi connectivity index (χ2n) is 2.12. The summed E-state index contributed by atoms with van der Waals surface area (Å²) in [6, 6.07) is 0. The van der Waals surface area contributed by atoms with Crippen LogP contribution in [0.25, 0.3) is 6.08 Å². The lowest BCUT2D eigenvalue weighted by Gasteiger charge is -2.00. The van der Waals surface area contributed by atoms with Gasteiger partial charge in [-0.15, -0.1) is 0 Å². The van der Waals surface area contributed by atoms with E-state index in [2.05, 4.69) is 9.97 Å². The number of nitrogens with zero attached hydrogens (tertiary/aromatic N) is 2. The number of hydrogen-bond donors (Lipinski definition) is 2. The minimum Gasteiger partial charge on any atom is -0.405 e. The standard InChI is InChI=1S/C7H10N4.C2H6/c1-5-7(9)6(2-3-8)11-4-10-5;1-2/h2-4H,8-9H2,1H3;1-2H3/b3-2-;. The molecule has 0 aliphatic rings. The van der Waals surface area contributed by atoms with Gasteiger partial charge in [0.2, 0.25) is 0 Å². The van der Waals surface area contributed by atoms with Gasteiger partial charge in [-0.05, 0) is 19.2 Å². The van der Waals surface area contributed by atoms with Gasteiger partial charge in [-0.3, -0.25) is 0 Å². The summed E-state index contributed by atoms with van der Waals surface area (Å²) in [5, 5.41) is 0. The average molecular weight is 180 g/mol. The predicted molar refractivity (Wildman–Crippen MR) is 55.8 cm³/mol. The number of aromatic nitrogens is 2. The van der Waals surface area contributed by atoms with E-state index in [0.29, 0.717) is 11.4 Å². The minimum absolute atomic E-state index is 0.578. The summed E-state index contributed by atoms with van der Waals surface area (Å²) in [5.74, 6) is 0. The lowest BCUT2D eigenvalue weighted by Crippen LogP contribution is -1.98. The minimum atomic E-state index is 0.578. The van der Waals surface area contributed by atoms with E-state index in [0.717, 1.165) is 5.69 Å². The zero-order valence-corrected chi connectivity index (χ0v) is 8.28. The molecule has 4 nitrogen and oxygen atoms in total. The van der Waals surface area contributed by atoms with Gasteiger partial charge in [0.1, 0.15) is 6.33 Å². The third kappa shape index (κ3) is 3.11. The lowest BCUT2D eigenvalue weighted by molar-refractivity contribution is 1.10. The van der Waals surface area contributed by atoms with Gasteiger partial charge in [0.05, 0.1) is 17.1 Å². The Morgan fingerprint density at radius 1 is 1.31 bits per heavy atom. The lowest BCUT2D eigenvalue weighted by atomic mass is 10.3. The van der Waals surface area contributed by atoms with Crippen LogP contribution in [0.3, 0.4) is 0 Å². The third-order valence-electron chi connectivity index (χ3n) is 1.37. The Balaban J connectivity index is 0.000000671. The Bertz CT molecular complexity index is 281. The van der Waals surface area contributed by atoms with Gasteiger partial charge in [0, 0.05) is 0 Å². The van der Waals surface area contributed by atoms with Crippen molar-refractivity contribution in [2.75, 3.05) is 5.73 Å². The molecule has 0 radical (unpaired) electrons. The first-order valence-corrected chi connectivity index (χ1v) is 4.21. The van der Waals surface area contributed by atoms with Gasteiger partial charge in [0.25, 0.3) is 0 Å². The molecule has 4 heteroatoms. The fourth-order valence-corrected chi connectivity index (χ4v) is 0.726. The first kappa shape index (κ1) is 11.4. The number of aryl methyl sites for hydroxylation is 1. The Labute approximate surface area is 78.7 Å². The molecule has 0 saturated carbocycles. The highest BCUT2D eigenvalue weighted by Gasteiger charge is 1.98. The van der Waals surface area contributed by atoms with E-state index in [1.165, 1.54) is 12.5 Å². The molecule has 0 atom stereocenters. The van der Waals surface area contributed by atoms with Gasteiger partial charge < -0.3 is 11.5 Å². The molecular formula is C9H16N4. The maximum absolute atomic E-state index is 5.64. The number of nitrogen functional groups attached to an aromatic ring is 1. The van der Waals surface area contributed by atoms with Gasteiger partial charge in [-0.1, -0.05) is 13.8 Å². The van der Waals surface area contributed by atoms with Crippen LogP contribution in [-0.4, -0.2) is 9.97 Å². The summed E-state index contributed by atoms with van der Waals surface area (Å²) < 4.78 is 0. The van der Waals surface area contributed by atoms with Crippen LogP contribution in [0.5, 0.6) is 0 Å². The van der Waals surface area contributed by atoms with Crippen LogP contribution in [0.2, 0.25) is 0 Å². The zero-order valence-electron chi connectivity index (χ0n) is 8.28. The van der Waals surface area contributed by atoms with E-state index in [9.17, 15) is 0 Å². The molecule has 1 aromatic heterocycles. The second-order valence-corrected chi connectivity index (χ2v) is 2.12. The van der Waals surface area contributed by atoms with Crippen LogP contribution in [0.4, 0.5) is 5.69 Å². The van der Waals surface area contributed by atoms with Crippen molar-refractivity contribution in [3.05, 3.63) is 23.9 Å². The number of rotatable bonds is 1. The molecule has 72 valence electrons. The highest BCUT2D eigenvalue weighted by Crippen LogP contribution is 2.11. The Morgan fingerprint density at radius 3 is 2.46 bits per heavy atom. The van der Waals surface area contributed by atoms with Crippen molar-refractivity contribution in [1.82, 2.24) is 9.97 Å². The monoisotopic (exact) mass is 180 g/mol. The highest BCUT2D eigenvalue weighted by molar-refractivity contribution is 5.61. The van der Waals surface area contributed by atoms with E-state index in [4.69, 9.17) is 11.5 Å². The molecule has 4 N–H and O–H groups in total. The fraction of sp³-hybridized carbons (Fsp3) is 0.333. The number of nitrogens with two attached hydrogens (primary N) is 2. The summed E-state index contributed by atoms with van der Waals surface area (Å²) in [7, 11) is 0. The molecule has 0 aliphatic heterocycles. The summed E-state index contributed by atoms with van der Waals surface area (Å²) in [4.78, 5) is 7.84. The van der Waals surface area contributed by atoms with Crippen molar-refractivity contribution in [3.63, 3.8) is 0 Å². The van der Waals surface area contributed by atoms with Crippen LogP contribution < -0.4 is 11.5 Å². The van der Waals surface area contributed by atoms with Gasteiger partial charge in [-0.25, -0.2) is 9.97 Å². The van der Waals surface area contributed by atoms with E-state index >= 15 is 0 Å². The topological polar surface area (TPSA) is 77.8 Å². The van der Waals surface area contributed by atoms with Crippen molar-refractivity contribution in [3.8, 4) is 0 Å². The van der Waals surface area contributed by atoms with E-state index in [-0.39, 0.29) is 0 Å². The number of anilines is 1. The van der Waals surface area contributed by atoms with Gasteiger partial charge in [0.15, 0.2) is 0 Å². The van der Waals surface area contributed by atoms with Gasteiger partial charge >= 0.3 is 0 Å². The van der Waals surface area contributed by atoms with Crippen molar-refractivity contribution in [2.24, 2.45) is 5.73 Å². The van der Waals surface area contributed by atoms with Gasteiger partial charge in [-0.2, -0.15) is 0 Å². The molecule has 0 fully saturated rings. The molecule has 0 bridgehead atoms. The Hall–Kier alpha value is -1.58. The molecule has 0 unspecified atom stereocenters. The van der Waals surface area contributed by atoms with Crippen LogP contribution in [-0.2, 0) is 0 Å². The van der Waals surface area contributed by atoms with E-state index < -0.39 is 0 Å². The molecule has 1 heterocycles. The molecule has 0 aromatic carbocycles. The quantitative estimate of drug-likeness (QED) is 0.683. The Kier molecular flexibility index (Phi) is 5.27. The van der Waals surface area contributed by atoms with E-state index in [1.54, 1.807) is 6.08 Å². The SMILES string of the molecule is CC.Cc1ncnc(/C=C\N)c1N. The first-order valence-electron chi connectivity index (χ1n) is 4.21. The molecule has 1 rings (SSSR count). The van der Waals surface area contributed by atoms with Crippen LogP contribution in [0, 0.1) is 6.92 Å². The smallest absolute Gasteiger partial charge is 0.116 e. The highest BCUT2D eigenvalue weighted by atomic mass is 14.9. The summed E-state index contributed by atoms with van der Waals surface area (Å²) in [6.45, 7) is 5.82.